The van der Waals surface area contributed by atoms with E-state index in [-0.39, 0.29) is 0 Å². The van der Waals surface area contributed by atoms with Crippen molar-refractivity contribution >= 4 is 27.4 Å². The first-order valence-electron chi connectivity index (χ1n) is 6.62. The molecular formula is C16H14N4S. The van der Waals surface area contributed by atoms with Crippen LogP contribution in [0, 0.1) is 25.2 Å². The lowest BCUT2D eigenvalue weighted by Crippen LogP contribution is -2.02. The zero-order chi connectivity index (χ0) is 14.8. The second-order valence-electron chi connectivity index (χ2n) is 4.85. The predicted molar refractivity (Wildman–Crippen MR) is 85.4 cm³/mol. The molecule has 0 aliphatic heterocycles. The van der Waals surface area contributed by atoms with Crippen LogP contribution < -0.4 is 5.32 Å². The number of aryl methyl sites for hydroxylation is 2. The molecule has 2 aromatic heterocycles. The van der Waals surface area contributed by atoms with Gasteiger partial charge >= 0.3 is 0 Å². The largest absolute Gasteiger partial charge is 0.365 e. The fraction of sp³-hybridized carbons (Fsp3) is 0.188. The van der Waals surface area contributed by atoms with Crippen LogP contribution in [0.4, 0.5) is 5.82 Å². The smallest absolute Gasteiger partial charge is 0.138 e. The number of hydrogen-bond donors (Lipinski definition) is 1. The number of rotatable bonds is 3. The van der Waals surface area contributed by atoms with Gasteiger partial charge in [0.1, 0.15) is 17.0 Å². The zero-order valence-corrected chi connectivity index (χ0v) is 12.7. The van der Waals surface area contributed by atoms with Gasteiger partial charge in [0.2, 0.25) is 0 Å². The van der Waals surface area contributed by atoms with Gasteiger partial charge in [0.05, 0.1) is 17.0 Å². The minimum atomic E-state index is 0.673. The molecule has 0 radical (unpaired) electrons. The van der Waals surface area contributed by atoms with Crippen LogP contribution in [0.1, 0.15) is 21.6 Å². The highest BCUT2D eigenvalue weighted by molar-refractivity contribution is 7.18. The molecule has 4 nitrogen and oxygen atoms in total. The van der Waals surface area contributed by atoms with Gasteiger partial charge in [-0.15, -0.1) is 11.3 Å². The molecule has 2 heterocycles. The van der Waals surface area contributed by atoms with Crippen molar-refractivity contribution in [3.8, 4) is 6.07 Å². The zero-order valence-electron chi connectivity index (χ0n) is 11.8. The third kappa shape index (κ3) is 2.58. The molecule has 0 aliphatic rings. The first-order chi connectivity index (χ1) is 10.2. The molecule has 0 saturated heterocycles. The molecule has 0 fully saturated rings. The second-order valence-corrected chi connectivity index (χ2v) is 6.05. The minimum absolute atomic E-state index is 0.673. The van der Waals surface area contributed by atoms with Crippen molar-refractivity contribution < 1.29 is 0 Å². The quantitative estimate of drug-likeness (QED) is 0.798. The Labute approximate surface area is 127 Å². The van der Waals surface area contributed by atoms with Gasteiger partial charge in [-0.05, 0) is 37.1 Å². The average molecular weight is 294 g/mol. The molecule has 0 amide bonds. The van der Waals surface area contributed by atoms with Crippen LogP contribution in [-0.2, 0) is 6.54 Å². The lowest BCUT2D eigenvalue weighted by atomic mass is 10.1. The van der Waals surface area contributed by atoms with E-state index in [0.717, 1.165) is 21.6 Å². The molecule has 104 valence electrons. The Hall–Kier alpha value is -2.45. The topological polar surface area (TPSA) is 61.6 Å². The van der Waals surface area contributed by atoms with Gasteiger partial charge < -0.3 is 5.32 Å². The van der Waals surface area contributed by atoms with Crippen molar-refractivity contribution in [2.24, 2.45) is 0 Å². The maximum atomic E-state index is 8.81. The summed E-state index contributed by atoms with van der Waals surface area (Å²) in [7, 11) is 0. The normalized spacial score (nSPS) is 10.5. The van der Waals surface area contributed by atoms with Crippen LogP contribution in [0.2, 0.25) is 0 Å². The summed E-state index contributed by atoms with van der Waals surface area (Å²) in [4.78, 5) is 11.0. The molecule has 0 bridgehead atoms. The maximum absolute atomic E-state index is 8.81. The summed E-state index contributed by atoms with van der Waals surface area (Å²) in [5.41, 5.74) is 3.02. The second kappa shape index (κ2) is 5.51. The van der Waals surface area contributed by atoms with Crippen LogP contribution >= 0.6 is 11.3 Å². The Morgan fingerprint density at radius 3 is 2.67 bits per heavy atom. The van der Waals surface area contributed by atoms with Gasteiger partial charge in [0, 0.05) is 11.4 Å². The minimum Gasteiger partial charge on any atom is -0.365 e. The van der Waals surface area contributed by atoms with Gasteiger partial charge in [-0.25, -0.2) is 9.97 Å². The molecular weight excluding hydrogens is 280 g/mol. The number of aromatic nitrogens is 2. The number of anilines is 1. The predicted octanol–water partition coefficient (Wildman–Crippen LogP) is 3.79. The Bertz CT molecular complexity index is 828. The van der Waals surface area contributed by atoms with Gasteiger partial charge in [-0.1, -0.05) is 12.1 Å². The Morgan fingerprint density at radius 2 is 1.95 bits per heavy atom. The summed E-state index contributed by atoms with van der Waals surface area (Å²) in [6.07, 6.45) is 1.60. The highest BCUT2D eigenvalue weighted by atomic mass is 32.1. The van der Waals surface area contributed by atoms with Crippen LogP contribution in [0.25, 0.3) is 10.2 Å². The van der Waals surface area contributed by atoms with Gasteiger partial charge in [-0.3, -0.25) is 0 Å². The van der Waals surface area contributed by atoms with Crippen molar-refractivity contribution in [3.63, 3.8) is 0 Å². The van der Waals surface area contributed by atoms with Crippen molar-refractivity contribution in [3.05, 3.63) is 52.2 Å². The van der Waals surface area contributed by atoms with Crippen LogP contribution in [0.5, 0.6) is 0 Å². The molecule has 0 saturated carbocycles. The number of nitrogens with zero attached hydrogens (tertiary/aromatic N) is 3. The van der Waals surface area contributed by atoms with E-state index in [9.17, 15) is 0 Å². The first-order valence-corrected chi connectivity index (χ1v) is 7.44. The first kappa shape index (κ1) is 13.5. The molecule has 5 heteroatoms. The van der Waals surface area contributed by atoms with Gasteiger partial charge in [-0.2, -0.15) is 5.26 Å². The molecule has 0 spiro atoms. The third-order valence-corrected chi connectivity index (χ3v) is 4.62. The number of nitrogens with one attached hydrogen (secondary N) is 1. The molecule has 3 aromatic rings. The van der Waals surface area contributed by atoms with Crippen molar-refractivity contribution in [1.29, 1.82) is 5.26 Å². The number of thiophene rings is 1. The fourth-order valence-corrected chi connectivity index (χ4v) is 3.20. The van der Waals surface area contributed by atoms with Crippen LogP contribution in [-0.4, -0.2) is 9.97 Å². The molecule has 3 rings (SSSR count). The Kier molecular flexibility index (Phi) is 3.55. The number of nitriles is 1. The van der Waals surface area contributed by atoms with Crippen LogP contribution in [0.3, 0.4) is 0 Å². The van der Waals surface area contributed by atoms with E-state index in [1.54, 1.807) is 17.7 Å². The summed E-state index contributed by atoms with van der Waals surface area (Å²) in [5, 5.41) is 13.3. The van der Waals surface area contributed by atoms with Crippen LogP contribution in [0.15, 0.2) is 30.6 Å². The maximum Gasteiger partial charge on any atom is 0.138 e. The fourth-order valence-electron chi connectivity index (χ4n) is 2.20. The van der Waals surface area contributed by atoms with E-state index in [0.29, 0.717) is 12.1 Å². The lowest BCUT2D eigenvalue weighted by Gasteiger charge is -2.07. The standard InChI is InChI=1S/C16H14N4S/c1-10-11(2)21-16-14(10)15(19-9-20-16)18-8-13-5-3-12(7-17)4-6-13/h3-6,9H,8H2,1-2H3,(H,18,19,20). The highest BCUT2D eigenvalue weighted by Crippen LogP contribution is 2.32. The summed E-state index contributed by atoms with van der Waals surface area (Å²) in [6.45, 7) is 4.88. The van der Waals surface area contributed by atoms with E-state index < -0.39 is 0 Å². The summed E-state index contributed by atoms with van der Waals surface area (Å²) < 4.78 is 0. The Morgan fingerprint density at radius 1 is 1.19 bits per heavy atom. The SMILES string of the molecule is Cc1sc2ncnc(NCc3ccc(C#N)cc3)c2c1C. The number of hydrogen-bond acceptors (Lipinski definition) is 5. The third-order valence-electron chi connectivity index (χ3n) is 3.51. The lowest BCUT2D eigenvalue weighted by molar-refractivity contribution is 1.10. The molecule has 0 aliphatic carbocycles. The Balaban J connectivity index is 1.86. The highest BCUT2D eigenvalue weighted by Gasteiger charge is 2.11. The summed E-state index contributed by atoms with van der Waals surface area (Å²) in [5.74, 6) is 0.867. The summed E-state index contributed by atoms with van der Waals surface area (Å²) in [6, 6.07) is 9.68. The van der Waals surface area contributed by atoms with Crippen molar-refractivity contribution in [2.75, 3.05) is 5.32 Å². The van der Waals surface area contributed by atoms with E-state index in [1.165, 1.54) is 10.4 Å². The average Bonchev–Trinajstić information content (AvgIpc) is 2.81. The molecule has 21 heavy (non-hydrogen) atoms. The molecule has 0 atom stereocenters. The van der Waals surface area contributed by atoms with E-state index in [1.807, 2.05) is 24.3 Å². The van der Waals surface area contributed by atoms with E-state index >= 15 is 0 Å². The van der Waals surface area contributed by atoms with E-state index in [2.05, 4.69) is 35.2 Å². The van der Waals surface area contributed by atoms with Crippen molar-refractivity contribution in [2.45, 2.75) is 20.4 Å². The van der Waals surface area contributed by atoms with Gasteiger partial charge in [0.25, 0.3) is 0 Å². The molecule has 0 unspecified atom stereocenters. The van der Waals surface area contributed by atoms with Gasteiger partial charge in [0.15, 0.2) is 0 Å². The van der Waals surface area contributed by atoms with Crippen molar-refractivity contribution in [1.82, 2.24) is 9.97 Å². The number of fused-ring (bicyclic) bond motifs is 1. The van der Waals surface area contributed by atoms with E-state index in [4.69, 9.17) is 5.26 Å². The molecule has 1 N–H and O–H groups in total. The monoisotopic (exact) mass is 294 g/mol. The number of benzene rings is 1. The molecule has 1 aromatic carbocycles. The summed E-state index contributed by atoms with van der Waals surface area (Å²) >= 11 is 1.69.